The quantitative estimate of drug-likeness (QED) is 0.799. The van der Waals surface area contributed by atoms with E-state index < -0.39 is 0 Å². The lowest BCUT2D eigenvalue weighted by atomic mass is 10.2. The Labute approximate surface area is 123 Å². The van der Waals surface area contributed by atoms with Gasteiger partial charge < -0.3 is 16.2 Å². The first-order valence-corrected chi connectivity index (χ1v) is 7.53. The molecule has 1 atom stereocenters. The Hall–Kier alpha value is -1.11. The van der Waals surface area contributed by atoms with Crippen LogP contribution in [-0.4, -0.2) is 23.7 Å². The third-order valence-corrected chi connectivity index (χ3v) is 4.50. The Morgan fingerprint density at radius 3 is 3.00 bits per heavy atom. The van der Waals surface area contributed by atoms with Crippen molar-refractivity contribution in [1.29, 1.82) is 0 Å². The summed E-state index contributed by atoms with van der Waals surface area (Å²) < 4.78 is 1.94. The predicted octanol–water partition coefficient (Wildman–Crippen LogP) is 2.75. The fourth-order valence-corrected chi connectivity index (χ4v) is 3.39. The summed E-state index contributed by atoms with van der Waals surface area (Å²) in [5, 5.41) is 12.6. The second-order valence-corrected chi connectivity index (χ2v) is 6.34. The van der Waals surface area contributed by atoms with Gasteiger partial charge in [-0.3, -0.25) is 4.79 Å². The number of aliphatic hydroxyl groups is 1. The standard InChI is InChI=1S/C13H15BrN2O2S/c1-7(4-5-17)16-13(18)12-11(15)9-3-2-8(14)6-10(9)19-12/h2-3,6-7,17H,4-5,15H2,1H3,(H,16,18). The summed E-state index contributed by atoms with van der Waals surface area (Å²) >= 11 is 4.78. The number of thiophene rings is 1. The molecule has 1 amide bonds. The molecular formula is C13H15BrN2O2S. The predicted molar refractivity (Wildman–Crippen MR) is 82.6 cm³/mol. The lowest BCUT2D eigenvalue weighted by molar-refractivity contribution is 0.0939. The van der Waals surface area contributed by atoms with Gasteiger partial charge in [-0.2, -0.15) is 0 Å². The largest absolute Gasteiger partial charge is 0.397 e. The first-order chi connectivity index (χ1) is 9.02. The van der Waals surface area contributed by atoms with E-state index in [1.807, 2.05) is 25.1 Å². The number of hydrogen-bond acceptors (Lipinski definition) is 4. The van der Waals surface area contributed by atoms with Gasteiger partial charge in [-0.25, -0.2) is 0 Å². The molecule has 0 fully saturated rings. The average molecular weight is 343 g/mol. The molecule has 0 aliphatic carbocycles. The molecule has 2 aromatic rings. The monoisotopic (exact) mass is 342 g/mol. The number of carbonyl (C=O) groups excluding carboxylic acids is 1. The van der Waals surface area contributed by atoms with Gasteiger partial charge in [0.05, 0.1) is 5.69 Å². The highest BCUT2D eigenvalue weighted by Crippen LogP contribution is 2.35. The zero-order valence-electron chi connectivity index (χ0n) is 10.4. The van der Waals surface area contributed by atoms with Crippen LogP contribution >= 0.6 is 27.3 Å². The summed E-state index contributed by atoms with van der Waals surface area (Å²) in [4.78, 5) is 12.7. The summed E-state index contributed by atoms with van der Waals surface area (Å²) in [6.45, 7) is 1.91. The van der Waals surface area contributed by atoms with Crippen molar-refractivity contribution < 1.29 is 9.90 Å². The van der Waals surface area contributed by atoms with Gasteiger partial charge in [0.15, 0.2) is 0 Å². The zero-order chi connectivity index (χ0) is 14.0. The minimum atomic E-state index is -0.184. The van der Waals surface area contributed by atoms with Crippen molar-refractivity contribution in [2.45, 2.75) is 19.4 Å². The van der Waals surface area contributed by atoms with Gasteiger partial charge in [-0.05, 0) is 25.5 Å². The molecule has 0 radical (unpaired) electrons. The average Bonchev–Trinajstić information content (AvgIpc) is 2.66. The maximum Gasteiger partial charge on any atom is 0.263 e. The molecule has 1 unspecified atom stereocenters. The Bertz CT molecular complexity index is 612. The van der Waals surface area contributed by atoms with Gasteiger partial charge >= 0.3 is 0 Å². The van der Waals surface area contributed by atoms with Crippen molar-refractivity contribution in [2.24, 2.45) is 0 Å². The van der Waals surface area contributed by atoms with Crippen LogP contribution in [0.4, 0.5) is 5.69 Å². The van der Waals surface area contributed by atoms with E-state index in [4.69, 9.17) is 10.8 Å². The number of carbonyl (C=O) groups is 1. The highest BCUT2D eigenvalue weighted by Gasteiger charge is 2.17. The van der Waals surface area contributed by atoms with Crippen molar-refractivity contribution in [2.75, 3.05) is 12.3 Å². The second-order valence-electron chi connectivity index (χ2n) is 4.37. The van der Waals surface area contributed by atoms with Crippen molar-refractivity contribution >= 4 is 48.9 Å². The van der Waals surface area contributed by atoms with E-state index in [-0.39, 0.29) is 18.6 Å². The van der Waals surface area contributed by atoms with E-state index >= 15 is 0 Å². The molecule has 0 saturated heterocycles. The van der Waals surface area contributed by atoms with E-state index in [0.717, 1.165) is 14.6 Å². The van der Waals surface area contributed by atoms with E-state index in [1.54, 1.807) is 0 Å². The number of nitrogens with two attached hydrogens (primary N) is 1. The Balaban J connectivity index is 2.29. The normalized spacial score (nSPS) is 12.6. The molecule has 0 aliphatic heterocycles. The molecule has 0 bridgehead atoms. The third kappa shape index (κ3) is 3.08. The highest BCUT2D eigenvalue weighted by molar-refractivity contribution is 9.10. The smallest absolute Gasteiger partial charge is 0.263 e. The van der Waals surface area contributed by atoms with Crippen molar-refractivity contribution in [1.82, 2.24) is 5.32 Å². The minimum Gasteiger partial charge on any atom is -0.397 e. The summed E-state index contributed by atoms with van der Waals surface area (Å²) in [7, 11) is 0. The third-order valence-electron chi connectivity index (χ3n) is 2.84. The molecule has 2 rings (SSSR count). The van der Waals surface area contributed by atoms with Crippen LogP contribution in [0.2, 0.25) is 0 Å². The zero-order valence-corrected chi connectivity index (χ0v) is 12.8. The van der Waals surface area contributed by atoms with Crippen LogP contribution in [-0.2, 0) is 0 Å². The van der Waals surface area contributed by atoms with Gasteiger partial charge in [0, 0.05) is 27.2 Å². The molecular weight excluding hydrogens is 328 g/mol. The van der Waals surface area contributed by atoms with Gasteiger partial charge in [-0.1, -0.05) is 22.0 Å². The fourth-order valence-electron chi connectivity index (χ4n) is 1.81. The molecule has 4 nitrogen and oxygen atoms in total. The van der Waals surface area contributed by atoms with Crippen molar-refractivity contribution in [3.63, 3.8) is 0 Å². The van der Waals surface area contributed by atoms with Crippen molar-refractivity contribution in [3.8, 4) is 0 Å². The van der Waals surface area contributed by atoms with Gasteiger partial charge in [0.25, 0.3) is 5.91 Å². The number of halogens is 1. The van der Waals surface area contributed by atoms with Crippen LogP contribution in [0, 0.1) is 0 Å². The molecule has 0 aliphatic rings. The molecule has 19 heavy (non-hydrogen) atoms. The number of amides is 1. The minimum absolute atomic E-state index is 0.0519. The molecule has 4 N–H and O–H groups in total. The van der Waals surface area contributed by atoms with Crippen molar-refractivity contribution in [3.05, 3.63) is 27.5 Å². The summed E-state index contributed by atoms with van der Waals surface area (Å²) in [6.07, 6.45) is 0.530. The maximum absolute atomic E-state index is 12.1. The number of hydrogen-bond donors (Lipinski definition) is 3. The first kappa shape index (κ1) is 14.3. The molecule has 1 heterocycles. The van der Waals surface area contributed by atoms with E-state index in [9.17, 15) is 4.79 Å². The molecule has 1 aromatic heterocycles. The topological polar surface area (TPSA) is 75.3 Å². The van der Waals surface area contributed by atoms with E-state index in [1.165, 1.54) is 11.3 Å². The summed E-state index contributed by atoms with van der Waals surface area (Å²) in [5.41, 5.74) is 6.54. The fraction of sp³-hybridized carbons (Fsp3) is 0.308. The van der Waals surface area contributed by atoms with E-state index in [2.05, 4.69) is 21.2 Å². The molecule has 1 aromatic carbocycles. The Morgan fingerprint density at radius 1 is 1.58 bits per heavy atom. The molecule has 0 saturated carbocycles. The van der Waals surface area contributed by atoms with Gasteiger partial charge in [0.1, 0.15) is 4.88 Å². The van der Waals surface area contributed by atoms with Crippen LogP contribution in [0.25, 0.3) is 10.1 Å². The number of anilines is 1. The van der Waals surface area contributed by atoms with Gasteiger partial charge in [-0.15, -0.1) is 11.3 Å². The van der Waals surface area contributed by atoms with Gasteiger partial charge in [0.2, 0.25) is 0 Å². The number of aliphatic hydroxyl groups excluding tert-OH is 1. The highest BCUT2D eigenvalue weighted by atomic mass is 79.9. The lowest BCUT2D eigenvalue weighted by Crippen LogP contribution is -2.33. The van der Waals surface area contributed by atoms with Crippen LogP contribution in [0.1, 0.15) is 23.0 Å². The number of fused-ring (bicyclic) bond motifs is 1. The summed E-state index contributed by atoms with van der Waals surface area (Å²) in [5.74, 6) is -0.184. The SMILES string of the molecule is CC(CCO)NC(=O)c1sc2cc(Br)ccc2c1N. The van der Waals surface area contributed by atoms with Crippen LogP contribution in [0.3, 0.4) is 0 Å². The molecule has 0 spiro atoms. The van der Waals surface area contributed by atoms with E-state index in [0.29, 0.717) is 17.0 Å². The lowest BCUT2D eigenvalue weighted by Gasteiger charge is -2.11. The second kappa shape index (κ2) is 5.90. The number of benzene rings is 1. The number of rotatable bonds is 4. The summed E-state index contributed by atoms with van der Waals surface area (Å²) in [6, 6.07) is 5.68. The van der Waals surface area contributed by atoms with Crippen LogP contribution in [0.15, 0.2) is 22.7 Å². The number of nitrogen functional groups attached to an aromatic ring is 1. The maximum atomic E-state index is 12.1. The molecule has 102 valence electrons. The number of nitrogens with one attached hydrogen (secondary N) is 1. The first-order valence-electron chi connectivity index (χ1n) is 5.92. The van der Waals surface area contributed by atoms with Crippen LogP contribution in [0.5, 0.6) is 0 Å². The Kier molecular flexibility index (Phi) is 4.44. The molecule has 6 heteroatoms. The Morgan fingerprint density at radius 2 is 2.32 bits per heavy atom. The van der Waals surface area contributed by atoms with Crippen LogP contribution < -0.4 is 11.1 Å².